The normalized spacial score (nSPS) is 11.1. The van der Waals surface area contributed by atoms with Gasteiger partial charge in [0.2, 0.25) is 5.91 Å². The number of amides is 1. The quantitative estimate of drug-likeness (QED) is 0.687. The van der Waals surface area contributed by atoms with Crippen molar-refractivity contribution in [3.8, 4) is 5.75 Å². The van der Waals surface area contributed by atoms with Gasteiger partial charge < -0.3 is 15.4 Å². The van der Waals surface area contributed by atoms with E-state index in [0.29, 0.717) is 18.0 Å². The molecule has 0 heterocycles. The Bertz CT molecular complexity index is 766. The summed E-state index contributed by atoms with van der Waals surface area (Å²) in [6, 6.07) is 10.00. The molecule has 4 nitrogen and oxygen atoms in total. The summed E-state index contributed by atoms with van der Waals surface area (Å²) in [5.74, 6) is 0.255. The maximum absolute atomic E-state index is 12.7. The molecule has 2 aromatic carbocycles. The van der Waals surface area contributed by atoms with E-state index in [1.807, 2.05) is 6.92 Å². The highest BCUT2D eigenvalue weighted by Gasteiger charge is 2.30. The maximum atomic E-state index is 12.7. The first-order valence-electron chi connectivity index (χ1n) is 7.93. The Morgan fingerprint density at radius 2 is 1.88 bits per heavy atom. The van der Waals surface area contributed by atoms with Crippen LogP contribution in [-0.4, -0.2) is 19.1 Å². The first kappa shape index (κ1) is 19.9. The topological polar surface area (TPSA) is 50.4 Å². The van der Waals surface area contributed by atoms with Crippen LogP contribution >= 0.6 is 11.6 Å². The molecular formula is C18H18ClF3N2O2. The number of halogens is 4. The third-order valence-corrected chi connectivity index (χ3v) is 3.75. The minimum Gasteiger partial charge on any atom is -0.492 e. The van der Waals surface area contributed by atoms with Crippen LogP contribution in [0.4, 0.5) is 24.5 Å². The van der Waals surface area contributed by atoms with Crippen LogP contribution < -0.4 is 15.4 Å². The van der Waals surface area contributed by atoms with Crippen LogP contribution in [0, 0.1) is 0 Å². The number of carbonyl (C=O) groups excluding carboxylic acids is 1. The van der Waals surface area contributed by atoms with Gasteiger partial charge in [0.1, 0.15) is 5.75 Å². The van der Waals surface area contributed by atoms with Crippen LogP contribution in [0.2, 0.25) is 5.02 Å². The Morgan fingerprint density at radius 3 is 2.58 bits per heavy atom. The highest BCUT2D eigenvalue weighted by Crippen LogP contribution is 2.33. The van der Waals surface area contributed by atoms with Crippen molar-refractivity contribution in [2.75, 3.05) is 23.8 Å². The van der Waals surface area contributed by atoms with Crippen molar-refractivity contribution in [3.05, 3.63) is 53.1 Å². The van der Waals surface area contributed by atoms with E-state index in [-0.39, 0.29) is 29.6 Å². The van der Waals surface area contributed by atoms with Crippen LogP contribution in [-0.2, 0) is 11.0 Å². The number of hydrogen-bond donors (Lipinski definition) is 2. The fourth-order valence-electron chi connectivity index (χ4n) is 2.21. The average Bonchev–Trinajstić information content (AvgIpc) is 2.57. The molecule has 0 aliphatic rings. The number of nitrogens with one attached hydrogen (secondary N) is 2. The molecule has 0 aromatic heterocycles. The van der Waals surface area contributed by atoms with Gasteiger partial charge in [-0.15, -0.1) is 0 Å². The molecule has 0 saturated carbocycles. The Labute approximate surface area is 154 Å². The predicted octanol–water partition coefficient (Wildman–Crippen LogP) is 5.20. The smallest absolute Gasteiger partial charge is 0.416 e. The average molecular weight is 387 g/mol. The molecule has 0 aliphatic heterocycles. The first-order chi connectivity index (χ1) is 12.3. The third-order valence-electron chi connectivity index (χ3n) is 3.42. The highest BCUT2D eigenvalue weighted by molar-refractivity contribution is 6.33. The third kappa shape index (κ3) is 5.56. The van der Waals surface area contributed by atoms with Crippen molar-refractivity contribution in [3.63, 3.8) is 0 Å². The molecule has 0 bridgehead atoms. The second kappa shape index (κ2) is 8.80. The van der Waals surface area contributed by atoms with Gasteiger partial charge in [-0.3, -0.25) is 4.79 Å². The van der Waals surface area contributed by atoms with Gasteiger partial charge in [0.25, 0.3) is 0 Å². The lowest BCUT2D eigenvalue weighted by Crippen LogP contribution is -2.17. The highest BCUT2D eigenvalue weighted by atomic mass is 35.5. The van der Waals surface area contributed by atoms with E-state index in [0.717, 1.165) is 12.1 Å². The lowest BCUT2D eigenvalue weighted by Gasteiger charge is -2.13. The molecule has 0 aliphatic carbocycles. The van der Waals surface area contributed by atoms with Gasteiger partial charge >= 0.3 is 6.18 Å². The van der Waals surface area contributed by atoms with Crippen LogP contribution in [0.5, 0.6) is 5.75 Å². The van der Waals surface area contributed by atoms with E-state index in [1.54, 1.807) is 24.3 Å². The second-order valence-electron chi connectivity index (χ2n) is 5.35. The number of anilines is 2. The summed E-state index contributed by atoms with van der Waals surface area (Å²) >= 11 is 5.90. The molecule has 0 radical (unpaired) electrons. The number of para-hydroxylation sites is 2. The molecule has 140 valence electrons. The lowest BCUT2D eigenvalue weighted by atomic mass is 10.2. The van der Waals surface area contributed by atoms with Crippen LogP contribution in [0.25, 0.3) is 0 Å². The minimum atomic E-state index is -4.46. The summed E-state index contributed by atoms with van der Waals surface area (Å²) < 4.78 is 43.7. The van der Waals surface area contributed by atoms with Crippen LogP contribution in [0.3, 0.4) is 0 Å². The zero-order chi connectivity index (χ0) is 19.2. The molecule has 0 spiro atoms. The van der Waals surface area contributed by atoms with Crippen molar-refractivity contribution in [2.45, 2.75) is 19.5 Å². The van der Waals surface area contributed by atoms with E-state index in [1.165, 1.54) is 6.07 Å². The number of rotatable bonds is 7. The summed E-state index contributed by atoms with van der Waals surface area (Å²) in [5.41, 5.74) is -0.139. The lowest BCUT2D eigenvalue weighted by molar-refractivity contribution is -0.137. The number of carbonyl (C=O) groups is 1. The SMILES string of the molecule is CCOc1ccccc1NC(=O)CCNc1cc(C(F)(F)F)ccc1Cl. The molecule has 26 heavy (non-hydrogen) atoms. The van der Waals surface area contributed by atoms with Gasteiger partial charge in [-0.05, 0) is 37.3 Å². The van der Waals surface area contributed by atoms with E-state index in [2.05, 4.69) is 10.6 Å². The molecule has 0 fully saturated rings. The van der Waals surface area contributed by atoms with E-state index < -0.39 is 11.7 Å². The summed E-state index contributed by atoms with van der Waals surface area (Å²) in [5, 5.41) is 5.63. The van der Waals surface area contributed by atoms with E-state index >= 15 is 0 Å². The fraction of sp³-hybridized carbons (Fsp3) is 0.278. The van der Waals surface area contributed by atoms with Crippen molar-refractivity contribution >= 4 is 28.9 Å². The van der Waals surface area contributed by atoms with Gasteiger partial charge in [0.05, 0.1) is 28.6 Å². The molecule has 0 unspecified atom stereocenters. The van der Waals surface area contributed by atoms with E-state index in [4.69, 9.17) is 16.3 Å². The van der Waals surface area contributed by atoms with E-state index in [9.17, 15) is 18.0 Å². The number of alkyl halides is 3. The molecule has 8 heteroatoms. The number of hydrogen-bond acceptors (Lipinski definition) is 3. The molecular weight excluding hydrogens is 369 g/mol. The summed E-state index contributed by atoms with van der Waals surface area (Å²) in [4.78, 5) is 12.1. The van der Waals surface area contributed by atoms with Crippen molar-refractivity contribution < 1.29 is 22.7 Å². The summed E-state index contributed by atoms with van der Waals surface area (Å²) in [6.07, 6.45) is -4.41. The van der Waals surface area contributed by atoms with Crippen molar-refractivity contribution in [1.82, 2.24) is 0 Å². The molecule has 2 aromatic rings. The van der Waals surface area contributed by atoms with Crippen LogP contribution in [0.1, 0.15) is 18.9 Å². The van der Waals surface area contributed by atoms with Crippen LogP contribution in [0.15, 0.2) is 42.5 Å². The number of ether oxygens (including phenoxy) is 1. The fourth-order valence-corrected chi connectivity index (χ4v) is 2.40. The Hall–Kier alpha value is -2.41. The summed E-state index contributed by atoms with van der Waals surface area (Å²) in [6.45, 7) is 2.42. The van der Waals surface area contributed by atoms with Crippen molar-refractivity contribution in [2.24, 2.45) is 0 Å². The second-order valence-corrected chi connectivity index (χ2v) is 5.75. The minimum absolute atomic E-state index is 0.0486. The summed E-state index contributed by atoms with van der Waals surface area (Å²) in [7, 11) is 0. The molecule has 2 rings (SSSR count). The Kier molecular flexibility index (Phi) is 6.74. The molecule has 2 N–H and O–H groups in total. The Morgan fingerprint density at radius 1 is 1.15 bits per heavy atom. The monoisotopic (exact) mass is 386 g/mol. The zero-order valence-corrected chi connectivity index (χ0v) is 14.7. The Balaban J connectivity index is 1.93. The molecule has 1 amide bonds. The van der Waals surface area contributed by atoms with Gasteiger partial charge in [-0.1, -0.05) is 23.7 Å². The van der Waals surface area contributed by atoms with Gasteiger partial charge in [0, 0.05) is 13.0 Å². The standard InChI is InChI=1S/C18H18ClF3N2O2/c1-2-26-16-6-4-3-5-14(16)24-17(25)9-10-23-15-11-12(18(20,21)22)7-8-13(15)19/h3-8,11,23H,2,9-10H2,1H3,(H,24,25). The van der Waals surface area contributed by atoms with Gasteiger partial charge in [0.15, 0.2) is 0 Å². The molecule has 0 saturated heterocycles. The maximum Gasteiger partial charge on any atom is 0.416 e. The van der Waals surface area contributed by atoms with Gasteiger partial charge in [-0.2, -0.15) is 13.2 Å². The molecule has 0 atom stereocenters. The largest absolute Gasteiger partial charge is 0.492 e. The number of benzene rings is 2. The predicted molar refractivity (Wildman–Crippen MR) is 95.8 cm³/mol. The van der Waals surface area contributed by atoms with Gasteiger partial charge in [-0.25, -0.2) is 0 Å². The zero-order valence-electron chi connectivity index (χ0n) is 14.0. The first-order valence-corrected chi connectivity index (χ1v) is 8.31. The van der Waals surface area contributed by atoms with Crippen molar-refractivity contribution in [1.29, 1.82) is 0 Å².